The topological polar surface area (TPSA) is 169 Å². The van der Waals surface area contributed by atoms with E-state index in [1.807, 2.05) is 59.5 Å². The molecule has 3 unspecified atom stereocenters. The summed E-state index contributed by atoms with van der Waals surface area (Å²) in [5.41, 5.74) is 6.22. The third-order valence-corrected chi connectivity index (χ3v) is 14.4. The van der Waals surface area contributed by atoms with Crippen molar-refractivity contribution in [3.63, 3.8) is 0 Å². The van der Waals surface area contributed by atoms with Crippen molar-refractivity contribution in [1.82, 2.24) is 25.4 Å². The van der Waals surface area contributed by atoms with E-state index in [4.69, 9.17) is 23.9 Å². The number of phenols is 1. The largest absolute Gasteiger partial charge is 0.508 e. The summed E-state index contributed by atoms with van der Waals surface area (Å²) in [6.45, 7) is 6.14. The number of ether oxygens (including phenoxy) is 4. The second-order valence-electron chi connectivity index (χ2n) is 18.3. The van der Waals surface area contributed by atoms with Crippen molar-refractivity contribution >= 4 is 46.0 Å². The summed E-state index contributed by atoms with van der Waals surface area (Å²) in [4.78, 5) is 61.8. The van der Waals surface area contributed by atoms with E-state index in [1.165, 1.54) is 16.9 Å². The van der Waals surface area contributed by atoms with Gasteiger partial charge >= 0.3 is 0 Å². The molecule has 1 aromatic heterocycles. The molecular formula is C57H69N5O9S. The van der Waals surface area contributed by atoms with E-state index in [-0.39, 0.29) is 74.2 Å². The highest BCUT2D eigenvalue weighted by Crippen LogP contribution is 2.38. The minimum absolute atomic E-state index is 0.0669. The lowest BCUT2D eigenvalue weighted by Crippen LogP contribution is -2.55. The molecule has 0 bridgehead atoms. The lowest BCUT2D eigenvalue weighted by Gasteiger charge is -2.35. The number of carbonyl (C=O) groups excluding carboxylic acids is 4. The lowest BCUT2D eigenvalue weighted by atomic mass is 9.83. The second kappa shape index (κ2) is 26.9. The zero-order valence-electron chi connectivity index (χ0n) is 42.0. The number of nitrogens with one attached hydrogen (secondary N) is 2. The minimum atomic E-state index is -0.589. The van der Waals surface area contributed by atoms with E-state index in [0.717, 1.165) is 78.6 Å². The van der Waals surface area contributed by atoms with E-state index >= 15 is 0 Å². The first-order valence-corrected chi connectivity index (χ1v) is 26.1. The molecule has 1 aliphatic carbocycles. The predicted molar refractivity (Wildman–Crippen MR) is 280 cm³/mol. The number of benzene rings is 4. The molecule has 1 saturated carbocycles. The van der Waals surface area contributed by atoms with Crippen molar-refractivity contribution in [3.8, 4) is 17.2 Å². The maximum Gasteiger partial charge on any atom is 0.248 e. The fraction of sp³-hybridized carbons (Fsp3) is 0.421. The Morgan fingerprint density at radius 2 is 1.46 bits per heavy atom. The van der Waals surface area contributed by atoms with Crippen molar-refractivity contribution in [2.45, 2.75) is 83.3 Å². The molecule has 2 aliphatic rings. The third-order valence-electron chi connectivity index (χ3n) is 13.5. The number of carbonyl (C=O) groups is 4. The number of nitrogens with zero attached hydrogens (tertiary/aromatic N) is 3. The number of amides is 3. The van der Waals surface area contributed by atoms with Crippen LogP contribution in [0.3, 0.4) is 0 Å². The Bertz CT molecular complexity index is 2580. The Kier molecular flexibility index (Phi) is 19.9. The van der Waals surface area contributed by atoms with Gasteiger partial charge in [0.2, 0.25) is 23.5 Å². The summed E-state index contributed by atoms with van der Waals surface area (Å²) >= 11 is 1.38. The van der Waals surface area contributed by atoms with Gasteiger partial charge in [0.1, 0.15) is 53.8 Å². The van der Waals surface area contributed by atoms with Crippen LogP contribution in [0.15, 0.2) is 109 Å². The van der Waals surface area contributed by atoms with Crippen LogP contribution in [0.4, 0.5) is 0 Å². The Morgan fingerprint density at radius 1 is 0.778 bits per heavy atom. The highest BCUT2D eigenvalue weighted by Gasteiger charge is 2.40. The first-order chi connectivity index (χ1) is 35.0. The average molecular weight is 1000 g/mol. The second-order valence-corrected chi connectivity index (χ2v) is 19.2. The van der Waals surface area contributed by atoms with Gasteiger partial charge < -0.3 is 44.5 Å². The Balaban J connectivity index is 0.803. The first-order valence-electron chi connectivity index (χ1n) is 25.3. The number of aromatic hydroxyl groups is 1. The van der Waals surface area contributed by atoms with E-state index in [0.29, 0.717) is 42.5 Å². The van der Waals surface area contributed by atoms with Crippen molar-refractivity contribution in [1.29, 1.82) is 0 Å². The van der Waals surface area contributed by atoms with E-state index in [2.05, 4.69) is 29.7 Å². The Morgan fingerprint density at radius 3 is 2.18 bits per heavy atom. The number of likely N-dealkylation sites (tertiary alicyclic amines) is 1. The molecule has 2 fully saturated rings. The van der Waals surface area contributed by atoms with Crippen LogP contribution in [0.2, 0.25) is 0 Å². The molecule has 1 aliphatic heterocycles. The number of aromatic nitrogens is 1. The molecule has 0 spiro atoms. The SMILES string of the molecule is CCC(=C(c1ccc(O)cc1)c1ccc(OCCN(C)C(=O)COCCOCCOc2cccc(C(=O)c3csc(C4CCCN4C(=O)C(NC(=O)C(C)NC)C4CCCCC4)n3)c2)cc1)c1ccccc1. The van der Waals surface area contributed by atoms with Gasteiger partial charge in [0.15, 0.2) is 0 Å². The molecule has 14 nitrogen and oxygen atoms in total. The maximum atomic E-state index is 14.2. The third kappa shape index (κ3) is 14.4. The van der Waals surface area contributed by atoms with Crippen molar-refractivity contribution in [2.75, 3.05) is 66.8 Å². The fourth-order valence-electron chi connectivity index (χ4n) is 9.30. The zero-order valence-corrected chi connectivity index (χ0v) is 42.8. The van der Waals surface area contributed by atoms with Gasteiger partial charge in [-0.15, -0.1) is 11.3 Å². The molecule has 4 aromatic carbocycles. The van der Waals surface area contributed by atoms with E-state index in [1.54, 1.807) is 67.7 Å². The number of thiazole rings is 1. The van der Waals surface area contributed by atoms with Gasteiger partial charge in [-0.25, -0.2) is 4.98 Å². The number of ketones is 1. The number of phenolic OH excluding ortho intramolecular Hbond substituents is 1. The summed E-state index contributed by atoms with van der Waals surface area (Å²) in [5, 5.41) is 18.5. The lowest BCUT2D eigenvalue weighted by molar-refractivity contribution is -0.139. The van der Waals surface area contributed by atoms with Gasteiger partial charge in [-0.2, -0.15) is 0 Å². The number of likely N-dealkylation sites (N-methyl/N-ethyl adjacent to an activating group) is 2. The number of hydrogen-bond donors (Lipinski definition) is 3. The summed E-state index contributed by atoms with van der Waals surface area (Å²) in [7, 11) is 3.45. The molecule has 72 heavy (non-hydrogen) atoms. The quantitative estimate of drug-likeness (QED) is 0.0291. The van der Waals surface area contributed by atoms with Crippen LogP contribution in [0, 0.1) is 5.92 Å². The van der Waals surface area contributed by atoms with Crippen LogP contribution in [0.5, 0.6) is 17.2 Å². The molecule has 2 heterocycles. The van der Waals surface area contributed by atoms with E-state index < -0.39 is 12.1 Å². The van der Waals surface area contributed by atoms with Gasteiger partial charge in [-0.1, -0.05) is 92.9 Å². The molecule has 7 rings (SSSR count). The number of allylic oxidation sites excluding steroid dienone is 1. The Hall–Kier alpha value is -6.39. The van der Waals surface area contributed by atoms with Gasteiger partial charge in [-0.3, -0.25) is 19.2 Å². The van der Waals surface area contributed by atoms with Crippen molar-refractivity contribution < 1.29 is 43.2 Å². The summed E-state index contributed by atoms with van der Waals surface area (Å²) in [6, 6.07) is 31.2. The van der Waals surface area contributed by atoms with Gasteiger partial charge in [0, 0.05) is 24.5 Å². The normalized spacial score (nSPS) is 16.1. The minimum Gasteiger partial charge on any atom is -0.508 e. The van der Waals surface area contributed by atoms with Gasteiger partial charge in [0.25, 0.3) is 0 Å². The van der Waals surface area contributed by atoms with Crippen LogP contribution in [-0.4, -0.2) is 122 Å². The van der Waals surface area contributed by atoms with Crippen LogP contribution < -0.4 is 20.1 Å². The predicted octanol–water partition coefficient (Wildman–Crippen LogP) is 8.73. The molecule has 5 aromatic rings. The maximum absolute atomic E-state index is 14.2. The smallest absolute Gasteiger partial charge is 0.248 e. The van der Waals surface area contributed by atoms with Gasteiger partial charge in [-0.05, 0) is 116 Å². The van der Waals surface area contributed by atoms with Crippen molar-refractivity contribution in [3.05, 3.63) is 141 Å². The highest BCUT2D eigenvalue weighted by molar-refractivity contribution is 7.10. The van der Waals surface area contributed by atoms with Crippen LogP contribution >= 0.6 is 11.3 Å². The molecular weight excluding hydrogens is 931 g/mol. The Labute approximate surface area is 427 Å². The summed E-state index contributed by atoms with van der Waals surface area (Å²) in [6.07, 6.45) is 7.44. The van der Waals surface area contributed by atoms with Crippen LogP contribution in [0.25, 0.3) is 11.1 Å². The molecule has 3 amide bonds. The summed E-state index contributed by atoms with van der Waals surface area (Å²) in [5.74, 6) is 0.857. The summed E-state index contributed by atoms with van der Waals surface area (Å²) < 4.78 is 23.2. The molecule has 15 heteroatoms. The molecule has 0 radical (unpaired) electrons. The fourth-order valence-corrected chi connectivity index (χ4v) is 10.2. The number of hydrogen-bond acceptors (Lipinski definition) is 12. The monoisotopic (exact) mass is 999 g/mol. The standard InChI is InChI=1S/C57H69N5O9S/c1-5-48(40-14-8-6-9-15-40)52(41-21-25-45(63)26-22-41)42-23-27-46(28-24-42)70-31-30-61(4)51(64)37-69-33-32-68-34-35-71-47-19-12-18-44(36-47)54(65)49-38-72-56(59-49)50-20-13-29-62(50)57(67)53(43-16-10-7-11-17-43)60-55(66)39(2)58-3/h6,8-9,12,14-15,18-19,21-28,36,38-39,43,50,53,58,63H,5,7,10-11,13,16-17,20,29-35,37H2,1-4H3,(H,60,66). The number of rotatable bonds is 25. The van der Waals surface area contributed by atoms with Crippen LogP contribution in [-0.2, 0) is 23.9 Å². The molecule has 3 atom stereocenters. The first kappa shape index (κ1) is 53.4. The molecule has 1 saturated heterocycles. The molecule has 382 valence electrons. The molecule has 3 N–H and O–H groups in total. The van der Waals surface area contributed by atoms with Gasteiger partial charge in [0.05, 0.1) is 38.4 Å². The van der Waals surface area contributed by atoms with E-state index in [9.17, 15) is 24.3 Å². The van der Waals surface area contributed by atoms with Crippen molar-refractivity contribution in [2.24, 2.45) is 5.92 Å². The highest BCUT2D eigenvalue weighted by atomic mass is 32.1. The zero-order chi connectivity index (χ0) is 50.8. The van der Waals surface area contributed by atoms with Crippen LogP contribution in [0.1, 0.15) is 109 Å². The average Bonchev–Trinajstić information content (AvgIpc) is 4.12.